The van der Waals surface area contributed by atoms with Gasteiger partial charge in [-0.3, -0.25) is 4.79 Å². The van der Waals surface area contributed by atoms with Gasteiger partial charge in [0.05, 0.1) is 16.8 Å². The lowest BCUT2D eigenvalue weighted by atomic mass is 9.68. The summed E-state index contributed by atoms with van der Waals surface area (Å²) in [4.78, 5) is 14.5. The van der Waals surface area contributed by atoms with Crippen molar-refractivity contribution in [2.75, 3.05) is 18.0 Å². The molecule has 1 saturated carbocycles. The number of benzene rings is 2. The van der Waals surface area contributed by atoms with Gasteiger partial charge in [0, 0.05) is 24.3 Å². The number of carbonyl (C=O) groups is 1. The fourth-order valence-electron chi connectivity index (χ4n) is 4.74. The van der Waals surface area contributed by atoms with Crippen molar-refractivity contribution in [2.45, 2.75) is 44.9 Å². The number of anilines is 1. The number of phenols is 1. The standard InChI is InChI=1S/C24H28ClN3O2/c25-21-16-19(28-14-12-24(13-15-28)10-4-1-5-11-24)9-8-18(21)17-26-27-23(30)20-6-2-3-7-22(20)29/h2-3,6-9,16-17,29H,1,4-5,10-15H2,(H,27,30)/b26-17+. The van der Waals surface area contributed by atoms with E-state index in [0.29, 0.717) is 10.4 Å². The Bertz CT molecular complexity index is 928. The number of hydrogen-bond donors (Lipinski definition) is 2. The van der Waals surface area contributed by atoms with Crippen LogP contribution in [-0.2, 0) is 0 Å². The van der Waals surface area contributed by atoms with Crippen molar-refractivity contribution in [1.82, 2.24) is 5.43 Å². The number of hydrogen-bond acceptors (Lipinski definition) is 4. The summed E-state index contributed by atoms with van der Waals surface area (Å²) >= 11 is 6.48. The first-order valence-corrected chi connectivity index (χ1v) is 11.1. The van der Waals surface area contributed by atoms with Crippen LogP contribution in [0.4, 0.5) is 5.69 Å². The Hall–Kier alpha value is -2.53. The van der Waals surface area contributed by atoms with Gasteiger partial charge < -0.3 is 10.0 Å². The van der Waals surface area contributed by atoms with E-state index in [9.17, 15) is 9.90 Å². The predicted molar refractivity (Wildman–Crippen MR) is 122 cm³/mol. The Morgan fingerprint density at radius 2 is 1.80 bits per heavy atom. The lowest BCUT2D eigenvalue weighted by Gasteiger charge is -2.45. The van der Waals surface area contributed by atoms with E-state index in [4.69, 9.17) is 11.6 Å². The van der Waals surface area contributed by atoms with Gasteiger partial charge in [-0.05, 0) is 61.4 Å². The topological polar surface area (TPSA) is 64.9 Å². The van der Waals surface area contributed by atoms with E-state index in [1.165, 1.54) is 63.3 Å². The number of nitrogens with zero attached hydrogens (tertiary/aromatic N) is 2. The Labute approximate surface area is 182 Å². The van der Waals surface area contributed by atoms with Crippen LogP contribution < -0.4 is 10.3 Å². The number of carbonyl (C=O) groups excluding carboxylic acids is 1. The lowest BCUT2D eigenvalue weighted by Crippen LogP contribution is -2.41. The van der Waals surface area contributed by atoms with Crippen molar-refractivity contribution in [3.63, 3.8) is 0 Å². The third-order valence-electron chi connectivity index (χ3n) is 6.61. The van der Waals surface area contributed by atoms with E-state index in [0.717, 1.165) is 24.3 Å². The molecule has 5 nitrogen and oxygen atoms in total. The number of phenolic OH excluding ortho intramolecular Hbond substituents is 1. The largest absolute Gasteiger partial charge is 0.507 e. The molecule has 0 bridgehead atoms. The number of piperidine rings is 1. The molecule has 1 amide bonds. The Morgan fingerprint density at radius 3 is 2.50 bits per heavy atom. The van der Waals surface area contributed by atoms with Crippen LogP contribution in [0.15, 0.2) is 47.6 Å². The lowest BCUT2D eigenvalue weighted by molar-refractivity contribution is 0.0952. The molecule has 2 aromatic rings. The van der Waals surface area contributed by atoms with Crippen LogP contribution in [0, 0.1) is 5.41 Å². The van der Waals surface area contributed by atoms with Crippen LogP contribution >= 0.6 is 11.6 Å². The number of hydrazone groups is 1. The minimum absolute atomic E-state index is 0.0795. The summed E-state index contributed by atoms with van der Waals surface area (Å²) in [6.45, 7) is 2.17. The molecule has 4 rings (SSSR count). The van der Waals surface area contributed by atoms with Gasteiger partial charge in [0.2, 0.25) is 0 Å². The molecule has 30 heavy (non-hydrogen) atoms. The summed E-state index contributed by atoms with van der Waals surface area (Å²) in [5.74, 6) is -0.550. The average molecular weight is 426 g/mol. The van der Waals surface area contributed by atoms with Gasteiger partial charge in [-0.25, -0.2) is 5.43 Å². The molecule has 2 aliphatic rings. The normalized spacial score (nSPS) is 18.6. The Morgan fingerprint density at radius 1 is 1.07 bits per heavy atom. The van der Waals surface area contributed by atoms with Crippen molar-refractivity contribution in [1.29, 1.82) is 0 Å². The second-order valence-electron chi connectivity index (χ2n) is 8.47. The zero-order valence-electron chi connectivity index (χ0n) is 17.1. The highest BCUT2D eigenvalue weighted by Crippen LogP contribution is 2.45. The molecule has 1 saturated heterocycles. The molecule has 1 aliphatic carbocycles. The predicted octanol–water partition coefficient (Wildman–Crippen LogP) is 5.36. The summed E-state index contributed by atoms with van der Waals surface area (Å²) in [7, 11) is 0. The van der Waals surface area contributed by atoms with Crippen LogP contribution in [0.25, 0.3) is 0 Å². The molecular weight excluding hydrogens is 398 g/mol. The van der Waals surface area contributed by atoms with E-state index in [1.807, 2.05) is 12.1 Å². The first-order valence-electron chi connectivity index (χ1n) is 10.7. The molecule has 1 spiro atoms. The number of halogens is 1. The first-order chi connectivity index (χ1) is 14.6. The van der Waals surface area contributed by atoms with Gasteiger partial charge in [0.25, 0.3) is 5.91 Å². The van der Waals surface area contributed by atoms with E-state index in [-0.39, 0.29) is 11.3 Å². The molecule has 1 heterocycles. The highest BCUT2D eigenvalue weighted by atomic mass is 35.5. The average Bonchev–Trinajstić information content (AvgIpc) is 2.76. The summed E-state index contributed by atoms with van der Waals surface area (Å²) < 4.78 is 0. The first kappa shape index (κ1) is 20.7. The number of rotatable bonds is 4. The molecular formula is C24H28ClN3O2. The maximum absolute atomic E-state index is 12.1. The monoisotopic (exact) mass is 425 g/mol. The van der Waals surface area contributed by atoms with Crippen molar-refractivity contribution < 1.29 is 9.90 Å². The number of aromatic hydroxyl groups is 1. The molecule has 0 radical (unpaired) electrons. The highest BCUT2D eigenvalue weighted by Gasteiger charge is 2.35. The van der Waals surface area contributed by atoms with Gasteiger partial charge in [0.1, 0.15) is 5.75 Å². The van der Waals surface area contributed by atoms with Crippen LogP contribution in [-0.4, -0.2) is 30.3 Å². The zero-order valence-corrected chi connectivity index (χ0v) is 17.9. The van der Waals surface area contributed by atoms with Crippen molar-refractivity contribution in [3.05, 3.63) is 58.6 Å². The molecule has 0 atom stereocenters. The molecule has 158 valence electrons. The number of nitrogens with one attached hydrogen (secondary N) is 1. The van der Waals surface area contributed by atoms with E-state index in [2.05, 4.69) is 21.5 Å². The Kier molecular flexibility index (Phi) is 6.28. The van der Waals surface area contributed by atoms with Gasteiger partial charge in [-0.1, -0.05) is 43.0 Å². The highest BCUT2D eigenvalue weighted by molar-refractivity contribution is 6.33. The van der Waals surface area contributed by atoms with Crippen molar-refractivity contribution >= 4 is 29.4 Å². The SMILES string of the molecule is O=C(N/N=C/c1ccc(N2CCC3(CCCCC3)CC2)cc1Cl)c1ccccc1O. The minimum atomic E-state index is -0.470. The second kappa shape index (κ2) is 9.09. The fourth-order valence-corrected chi connectivity index (χ4v) is 4.97. The summed E-state index contributed by atoms with van der Waals surface area (Å²) in [5.41, 5.74) is 5.06. The summed E-state index contributed by atoms with van der Waals surface area (Å²) in [6.07, 6.45) is 11.0. The maximum Gasteiger partial charge on any atom is 0.275 e. The van der Waals surface area contributed by atoms with Crippen LogP contribution in [0.3, 0.4) is 0 Å². The molecule has 2 aromatic carbocycles. The quantitative estimate of drug-likeness (QED) is 0.512. The number of amides is 1. The summed E-state index contributed by atoms with van der Waals surface area (Å²) in [6, 6.07) is 12.3. The van der Waals surface area contributed by atoms with Gasteiger partial charge >= 0.3 is 0 Å². The zero-order chi connectivity index (χ0) is 21.0. The second-order valence-corrected chi connectivity index (χ2v) is 8.88. The van der Waals surface area contributed by atoms with Crippen LogP contribution in [0.2, 0.25) is 5.02 Å². The molecule has 1 aliphatic heterocycles. The maximum atomic E-state index is 12.1. The molecule has 2 fully saturated rings. The van der Waals surface area contributed by atoms with Gasteiger partial charge in [-0.2, -0.15) is 5.10 Å². The van der Waals surface area contributed by atoms with Crippen LogP contribution in [0.5, 0.6) is 5.75 Å². The molecule has 2 N–H and O–H groups in total. The van der Waals surface area contributed by atoms with Gasteiger partial charge in [-0.15, -0.1) is 0 Å². The summed E-state index contributed by atoms with van der Waals surface area (Å²) in [5, 5.41) is 14.3. The molecule has 0 aromatic heterocycles. The third kappa shape index (κ3) is 4.62. The third-order valence-corrected chi connectivity index (χ3v) is 6.93. The minimum Gasteiger partial charge on any atom is -0.507 e. The van der Waals surface area contributed by atoms with Crippen molar-refractivity contribution in [2.24, 2.45) is 10.5 Å². The molecule has 6 heteroatoms. The van der Waals surface area contributed by atoms with E-state index < -0.39 is 5.91 Å². The van der Waals surface area contributed by atoms with Gasteiger partial charge in [0.15, 0.2) is 0 Å². The van der Waals surface area contributed by atoms with E-state index >= 15 is 0 Å². The number of para-hydroxylation sites is 1. The van der Waals surface area contributed by atoms with Crippen molar-refractivity contribution in [3.8, 4) is 5.75 Å². The smallest absolute Gasteiger partial charge is 0.275 e. The molecule has 0 unspecified atom stereocenters. The van der Waals surface area contributed by atoms with Crippen LogP contribution in [0.1, 0.15) is 60.9 Å². The van der Waals surface area contributed by atoms with E-state index in [1.54, 1.807) is 12.1 Å². The fraction of sp³-hybridized carbons (Fsp3) is 0.417. The Balaban J connectivity index is 1.36.